The summed E-state index contributed by atoms with van der Waals surface area (Å²) in [5, 5.41) is 4.14. The van der Waals surface area contributed by atoms with E-state index in [1.807, 2.05) is 91.8 Å². The Kier molecular flexibility index (Phi) is 8.72. The Morgan fingerprint density at radius 2 is 1.62 bits per heavy atom. The van der Waals surface area contributed by atoms with Crippen LogP contribution in [-0.2, 0) is 13.2 Å². The van der Waals surface area contributed by atoms with Crippen molar-refractivity contribution in [3.8, 4) is 17.2 Å². The zero-order valence-corrected chi connectivity index (χ0v) is 24.2. The van der Waals surface area contributed by atoms with Gasteiger partial charge in [-0.15, -0.1) is 0 Å². The van der Waals surface area contributed by atoms with Crippen LogP contribution in [0.4, 0.5) is 5.69 Å². The molecule has 3 aromatic carbocycles. The van der Waals surface area contributed by atoms with Crippen LogP contribution in [0.25, 0.3) is 5.69 Å². The SMILES string of the molecule is Cc1ccc(C)n1-c1ccc(OCc2ccc(C(=O)N/N=C/c3ccc(N(C)C)cc3OCc3ccccc3)o2)cc1. The van der Waals surface area contributed by atoms with Crippen molar-refractivity contribution in [1.29, 1.82) is 0 Å². The summed E-state index contributed by atoms with van der Waals surface area (Å²) in [4.78, 5) is 14.7. The largest absolute Gasteiger partial charge is 0.488 e. The number of carbonyl (C=O) groups excluding carboxylic acids is 1. The number of anilines is 1. The van der Waals surface area contributed by atoms with E-state index in [1.54, 1.807) is 18.3 Å². The van der Waals surface area contributed by atoms with Crippen LogP contribution in [0.2, 0.25) is 0 Å². The first-order chi connectivity index (χ1) is 20.4. The van der Waals surface area contributed by atoms with Gasteiger partial charge in [0.15, 0.2) is 5.76 Å². The molecule has 2 aromatic heterocycles. The zero-order chi connectivity index (χ0) is 29.5. The second-order valence-corrected chi connectivity index (χ2v) is 10.1. The molecule has 0 aliphatic heterocycles. The molecule has 0 atom stereocenters. The summed E-state index contributed by atoms with van der Waals surface area (Å²) in [6.45, 7) is 4.76. The van der Waals surface area contributed by atoms with E-state index in [0.717, 1.165) is 22.5 Å². The lowest BCUT2D eigenvalue weighted by Crippen LogP contribution is -2.17. The highest BCUT2D eigenvalue weighted by molar-refractivity contribution is 5.93. The fourth-order valence-corrected chi connectivity index (χ4v) is 4.48. The standard InChI is InChI=1S/C34H34N4O4/c1-24-10-11-25(2)38(24)28-14-16-30(17-15-28)40-23-31-18-19-32(42-31)34(39)36-35-21-27-12-13-29(37(3)4)20-33(27)41-22-26-8-6-5-7-9-26/h5-21H,22-23H2,1-4H3,(H,36,39)/b35-21+. The van der Waals surface area contributed by atoms with Gasteiger partial charge in [0.25, 0.3) is 0 Å². The fraction of sp³-hybridized carbons (Fsp3) is 0.176. The topological polar surface area (TPSA) is 81.2 Å². The molecule has 2 heterocycles. The van der Waals surface area contributed by atoms with E-state index in [2.05, 4.69) is 41.1 Å². The third-order valence-electron chi connectivity index (χ3n) is 6.75. The normalized spacial score (nSPS) is 11.0. The summed E-state index contributed by atoms with van der Waals surface area (Å²) in [7, 11) is 3.94. The molecule has 0 unspecified atom stereocenters. The maximum Gasteiger partial charge on any atom is 0.307 e. The summed E-state index contributed by atoms with van der Waals surface area (Å²) >= 11 is 0. The van der Waals surface area contributed by atoms with E-state index in [-0.39, 0.29) is 12.4 Å². The maximum atomic E-state index is 12.7. The Morgan fingerprint density at radius 3 is 2.33 bits per heavy atom. The number of hydrazone groups is 1. The average molecular weight is 563 g/mol. The number of aryl methyl sites for hydroxylation is 2. The predicted octanol–water partition coefficient (Wildman–Crippen LogP) is 6.68. The Balaban J connectivity index is 1.17. The molecule has 0 aliphatic rings. The quantitative estimate of drug-likeness (QED) is 0.144. The van der Waals surface area contributed by atoms with Crippen molar-refractivity contribution in [2.24, 2.45) is 5.10 Å². The Labute approximate surface area is 245 Å². The van der Waals surface area contributed by atoms with Gasteiger partial charge in [0.2, 0.25) is 0 Å². The van der Waals surface area contributed by atoms with E-state index < -0.39 is 5.91 Å². The van der Waals surface area contributed by atoms with Crippen LogP contribution in [0, 0.1) is 13.8 Å². The fourth-order valence-electron chi connectivity index (χ4n) is 4.48. The molecule has 8 nitrogen and oxygen atoms in total. The number of benzene rings is 3. The van der Waals surface area contributed by atoms with Gasteiger partial charge in [0.1, 0.15) is 30.5 Å². The number of ether oxygens (including phenoxy) is 2. The predicted molar refractivity (Wildman–Crippen MR) is 165 cm³/mol. The smallest absolute Gasteiger partial charge is 0.307 e. The van der Waals surface area contributed by atoms with Gasteiger partial charge in [-0.25, -0.2) is 5.43 Å². The number of amides is 1. The molecule has 0 fully saturated rings. The van der Waals surface area contributed by atoms with Crippen LogP contribution >= 0.6 is 0 Å². The summed E-state index contributed by atoms with van der Waals surface area (Å²) in [6.07, 6.45) is 1.56. The molecular weight excluding hydrogens is 528 g/mol. The third-order valence-corrected chi connectivity index (χ3v) is 6.75. The van der Waals surface area contributed by atoms with E-state index in [0.29, 0.717) is 23.9 Å². The van der Waals surface area contributed by atoms with Crippen molar-refractivity contribution in [3.05, 3.63) is 131 Å². The van der Waals surface area contributed by atoms with Crippen molar-refractivity contribution in [2.45, 2.75) is 27.1 Å². The average Bonchev–Trinajstić information content (AvgIpc) is 3.62. The number of carbonyl (C=O) groups is 1. The molecule has 5 aromatic rings. The van der Waals surface area contributed by atoms with E-state index in [1.165, 1.54) is 11.4 Å². The number of hydrogen-bond donors (Lipinski definition) is 1. The number of hydrogen-bond acceptors (Lipinski definition) is 6. The highest BCUT2D eigenvalue weighted by Gasteiger charge is 2.12. The van der Waals surface area contributed by atoms with E-state index in [9.17, 15) is 4.79 Å². The molecular formula is C34H34N4O4. The van der Waals surface area contributed by atoms with Crippen LogP contribution in [-0.4, -0.2) is 30.8 Å². The number of nitrogens with one attached hydrogen (secondary N) is 1. The molecule has 42 heavy (non-hydrogen) atoms. The van der Waals surface area contributed by atoms with Gasteiger partial charge < -0.3 is 23.4 Å². The minimum atomic E-state index is -0.462. The minimum absolute atomic E-state index is 0.142. The number of rotatable bonds is 11. The monoisotopic (exact) mass is 562 g/mol. The third kappa shape index (κ3) is 6.90. The lowest BCUT2D eigenvalue weighted by Gasteiger charge is -2.16. The molecule has 1 amide bonds. The maximum absolute atomic E-state index is 12.7. The summed E-state index contributed by atoms with van der Waals surface area (Å²) < 4.78 is 19.8. The molecule has 1 N–H and O–H groups in total. The zero-order valence-electron chi connectivity index (χ0n) is 24.2. The highest BCUT2D eigenvalue weighted by atomic mass is 16.5. The molecule has 0 bridgehead atoms. The van der Waals surface area contributed by atoms with Crippen molar-refractivity contribution < 1.29 is 18.7 Å². The highest BCUT2D eigenvalue weighted by Crippen LogP contribution is 2.25. The first-order valence-electron chi connectivity index (χ1n) is 13.7. The minimum Gasteiger partial charge on any atom is -0.488 e. The second-order valence-electron chi connectivity index (χ2n) is 10.1. The summed E-state index contributed by atoms with van der Waals surface area (Å²) in [6, 6.07) is 31.1. The van der Waals surface area contributed by atoms with Crippen LogP contribution in [0.3, 0.4) is 0 Å². The molecule has 8 heteroatoms. The number of nitrogens with zero attached hydrogens (tertiary/aromatic N) is 3. The Morgan fingerprint density at radius 1 is 0.881 bits per heavy atom. The molecule has 0 aliphatic carbocycles. The molecule has 0 radical (unpaired) electrons. The lowest BCUT2D eigenvalue weighted by atomic mass is 10.2. The van der Waals surface area contributed by atoms with E-state index in [4.69, 9.17) is 13.9 Å². The molecule has 0 saturated carbocycles. The van der Waals surface area contributed by atoms with Gasteiger partial charge in [-0.1, -0.05) is 30.3 Å². The van der Waals surface area contributed by atoms with Crippen molar-refractivity contribution >= 4 is 17.8 Å². The first kappa shape index (κ1) is 28.3. The lowest BCUT2D eigenvalue weighted by molar-refractivity contribution is 0.0923. The van der Waals surface area contributed by atoms with E-state index >= 15 is 0 Å². The van der Waals surface area contributed by atoms with Gasteiger partial charge in [-0.05, 0) is 80.1 Å². The number of furan rings is 1. The van der Waals surface area contributed by atoms with Crippen molar-refractivity contribution in [3.63, 3.8) is 0 Å². The molecule has 0 spiro atoms. The van der Waals surface area contributed by atoms with Crippen LogP contribution in [0.5, 0.6) is 11.5 Å². The molecule has 214 valence electrons. The Bertz CT molecular complexity index is 1650. The Hall–Kier alpha value is -5.24. The number of aromatic nitrogens is 1. The van der Waals surface area contributed by atoms with Gasteiger partial charge in [-0.3, -0.25) is 4.79 Å². The van der Waals surface area contributed by atoms with Crippen LogP contribution in [0.1, 0.15) is 38.8 Å². The van der Waals surface area contributed by atoms with Gasteiger partial charge in [-0.2, -0.15) is 5.10 Å². The molecule has 0 saturated heterocycles. The summed E-state index contributed by atoms with van der Waals surface area (Å²) in [5.41, 5.74) is 8.73. The second kappa shape index (κ2) is 13.0. The van der Waals surface area contributed by atoms with Gasteiger partial charge in [0.05, 0.1) is 6.21 Å². The van der Waals surface area contributed by atoms with Crippen LogP contribution < -0.4 is 19.8 Å². The summed E-state index contributed by atoms with van der Waals surface area (Å²) in [5.74, 6) is 1.58. The first-order valence-corrected chi connectivity index (χ1v) is 13.7. The van der Waals surface area contributed by atoms with Crippen molar-refractivity contribution in [2.75, 3.05) is 19.0 Å². The molecule has 5 rings (SSSR count). The van der Waals surface area contributed by atoms with Crippen LogP contribution in [0.15, 0.2) is 107 Å². The van der Waals surface area contributed by atoms with Crippen molar-refractivity contribution in [1.82, 2.24) is 9.99 Å². The van der Waals surface area contributed by atoms with Gasteiger partial charge >= 0.3 is 5.91 Å². The van der Waals surface area contributed by atoms with Gasteiger partial charge in [0, 0.05) is 48.5 Å².